The van der Waals surface area contributed by atoms with Gasteiger partial charge in [0.25, 0.3) is 5.91 Å². The van der Waals surface area contributed by atoms with E-state index >= 15 is 0 Å². The zero-order valence-corrected chi connectivity index (χ0v) is 13.2. The summed E-state index contributed by atoms with van der Waals surface area (Å²) in [6, 6.07) is 14.5. The molecule has 2 aromatic carbocycles. The molecule has 1 heterocycles. The van der Waals surface area contributed by atoms with Crippen molar-refractivity contribution in [2.24, 2.45) is 0 Å². The summed E-state index contributed by atoms with van der Waals surface area (Å²) in [4.78, 5) is 19.7. The van der Waals surface area contributed by atoms with E-state index < -0.39 is 0 Å². The fourth-order valence-electron chi connectivity index (χ4n) is 2.55. The predicted octanol–water partition coefficient (Wildman–Crippen LogP) is 3.14. The number of nitrogens with zero attached hydrogens (tertiary/aromatic N) is 1. The lowest BCUT2D eigenvalue weighted by atomic mass is 10.1. The van der Waals surface area contributed by atoms with Crippen molar-refractivity contribution in [3.63, 3.8) is 0 Å². The van der Waals surface area contributed by atoms with Gasteiger partial charge in [-0.25, -0.2) is 4.98 Å². The molecule has 0 atom stereocenters. The highest BCUT2D eigenvalue weighted by atomic mass is 16.3. The summed E-state index contributed by atoms with van der Waals surface area (Å²) in [7, 11) is 0. The monoisotopic (exact) mass is 321 g/mol. The van der Waals surface area contributed by atoms with Crippen molar-refractivity contribution in [1.82, 2.24) is 15.3 Å². The second kappa shape index (κ2) is 7.46. The molecule has 0 aliphatic rings. The number of aromatic hydroxyl groups is 1. The lowest BCUT2D eigenvalue weighted by Crippen LogP contribution is -2.25. The van der Waals surface area contributed by atoms with Gasteiger partial charge in [0.15, 0.2) is 0 Å². The van der Waals surface area contributed by atoms with E-state index in [9.17, 15) is 9.90 Å². The summed E-state index contributed by atoms with van der Waals surface area (Å²) in [5.41, 5.74) is 2.54. The van der Waals surface area contributed by atoms with Crippen molar-refractivity contribution in [3.8, 4) is 17.1 Å². The number of imidazole rings is 1. The third-order valence-electron chi connectivity index (χ3n) is 3.79. The van der Waals surface area contributed by atoms with Crippen molar-refractivity contribution in [2.45, 2.75) is 12.8 Å². The van der Waals surface area contributed by atoms with Crippen LogP contribution in [0.3, 0.4) is 0 Å². The predicted molar refractivity (Wildman–Crippen MR) is 92.8 cm³/mol. The smallest absolute Gasteiger partial charge is 0.252 e. The van der Waals surface area contributed by atoms with Gasteiger partial charge in [0.1, 0.15) is 11.6 Å². The summed E-state index contributed by atoms with van der Waals surface area (Å²) in [6.45, 7) is 0.589. The molecule has 0 radical (unpaired) electrons. The largest absolute Gasteiger partial charge is 0.508 e. The van der Waals surface area contributed by atoms with Gasteiger partial charge in [-0.05, 0) is 36.6 Å². The standard InChI is InChI=1S/C19H19N3O2/c23-15-9-7-14(8-10-15)4-3-11-22-19(24)17-6-2-1-5-16(17)18-20-12-13-21-18/h1-2,5-10,12-13,23H,3-4,11H2,(H,20,21)(H,22,24). The number of aromatic amines is 1. The first-order valence-corrected chi connectivity index (χ1v) is 7.89. The SMILES string of the molecule is O=C(NCCCc1ccc(O)cc1)c1ccccc1-c1ncc[nH]1. The van der Waals surface area contributed by atoms with Crippen molar-refractivity contribution in [1.29, 1.82) is 0 Å². The Morgan fingerprint density at radius 3 is 2.67 bits per heavy atom. The molecule has 3 N–H and O–H groups in total. The quantitative estimate of drug-likeness (QED) is 0.610. The van der Waals surface area contributed by atoms with Gasteiger partial charge in [-0.1, -0.05) is 30.3 Å². The molecule has 3 aromatic rings. The highest BCUT2D eigenvalue weighted by Crippen LogP contribution is 2.19. The molecule has 0 unspecified atom stereocenters. The molecule has 0 saturated heterocycles. The van der Waals surface area contributed by atoms with Gasteiger partial charge in [0, 0.05) is 24.5 Å². The number of amides is 1. The number of aromatic nitrogens is 2. The number of carbonyl (C=O) groups is 1. The second-order valence-electron chi connectivity index (χ2n) is 5.51. The van der Waals surface area contributed by atoms with Crippen LogP contribution in [0.5, 0.6) is 5.75 Å². The Balaban J connectivity index is 1.57. The molecule has 0 aliphatic heterocycles. The van der Waals surface area contributed by atoms with Gasteiger partial charge in [-0.3, -0.25) is 4.79 Å². The summed E-state index contributed by atoms with van der Waals surface area (Å²) < 4.78 is 0. The number of rotatable bonds is 6. The molecule has 1 amide bonds. The van der Waals surface area contributed by atoms with Crippen LogP contribution in [-0.2, 0) is 6.42 Å². The molecule has 5 nitrogen and oxygen atoms in total. The van der Waals surface area contributed by atoms with E-state index in [1.165, 1.54) is 0 Å². The molecular formula is C19H19N3O2. The van der Waals surface area contributed by atoms with Crippen LogP contribution in [0.1, 0.15) is 22.3 Å². The zero-order chi connectivity index (χ0) is 16.8. The Morgan fingerprint density at radius 2 is 1.92 bits per heavy atom. The maximum atomic E-state index is 12.4. The molecule has 0 bridgehead atoms. The van der Waals surface area contributed by atoms with E-state index in [4.69, 9.17) is 0 Å². The van der Waals surface area contributed by atoms with Crippen LogP contribution in [0.15, 0.2) is 60.9 Å². The van der Waals surface area contributed by atoms with Gasteiger partial charge in [0.05, 0.1) is 5.56 Å². The van der Waals surface area contributed by atoms with Crippen molar-refractivity contribution in [3.05, 3.63) is 72.1 Å². The number of nitrogens with one attached hydrogen (secondary N) is 2. The molecule has 0 aliphatic carbocycles. The lowest BCUT2D eigenvalue weighted by Gasteiger charge is -2.09. The second-order valence-corrected chi connectivity index (χ2v) is 5.51. The van der Waals surface area contributed by atoms with Gasteiger partial charge < -0.3 is 15.4 Å². The molecular weight excluding hydrogens is 302 g/mol. The Kier molecular flexibility index (Phi) is 4.91. The van der Waals surface area contributed by atoms with Crippen molar-refractivity contribution < 1.29 is 9.90 Å². The third kappa shape index (κ3) is 3.81. The highest BCUT2D eigenvalue weighted by molar-refractivity contribution is 6.00. The minimum Gasteiger partial charge on any atom is -0.508 e. The number of hydrogen-bond acceptors (Lipinski definition) is 3. The maximum Gasteiger partial charge on any atom is 0.252 e. The fourth-order valence-corrected chi connectivity index (χ4v) is 2.55. The summed E-state index contributed by atoms with van der Waals surface area (Å²) in [6.07, 6.45) is 5.09. The Labute approximate surface area is 140 Å². The minimum absolute atomic E-state index is 0.104. The first-order chi connectivity index (χ1) is 11.7. The molecule has 3 rings (SSSR count). The van der Waals surface area contributed by atoms with E-state index in [1.807, 2.05) is 30.3 Å². The fraction of sp³-hybridized carbons (Fsp3) is 0.158. The van der Waals surface area contributed by atoms with E-state index in [0.717, 1.165) is 24.0 Å². The third-order valence-corrected chi connectivity index (χ3v) is 3.79. The van der Waals surface area contributed by atoms with Crippen LogP contribution in [0.25, 0.3) is 11.4 Å². The van der Waals surface area contributed by atoms with E-state index in [2.05, 4.69) is 15.3 Å². The molecule has 24 heavy (non-hydrogen) atoms. The van der Waals surface area contributed by atoms with E-state index in [-0.39, 0.29) is 11.7 Å². The van der Waals surface area contributed by atoms with Crippen LogP contribution in [0, 0.1) is 0 Å². The molecule has 0 fully saturated rings. The lowest BCUT2D eigenvalue weighted by molar-refractivity contribution is 0.0954. The Hall–Kier alpha value is -3.08. The van der Waals surface area contributed by atoms with E-state index in [1.54, 1.807) is 30.6 Å². The van der Waals surface area contributed by atoms with Crippen LogP contribution >= 0.6 is 0 Å². The summed E-state index contributed by atoms with van der Waals surface area (Å²) in [5.74, 6) is 0.846. The van der Waals surface area contributed by atoms with Gasteiger partial charge >= 0.3 is 0 Å². The van der Waals surface area contributed by atoms with Crippen LogP contribution in [0.2, 0.25) is 0 Å². The maximum absolute atomic E-state index is 12.4. The minimum atomic E-state index is -0.104. The first-order valence-electron chi connectivity index (χ1n) is 7.89. The number of H-pyrrole nitrogens is 1. The first kappa shape index (κ1) is 15.8. The number of carbonyl (C=O) groups excluding carboxylic acids is 1. The Morgan fingerprint density at radius 1 is 1.12 bits per heavy atom. The normalized spacial score (nSPS) is 10.5. The number of hydrogen-bond donors (Lipinski definition) is 3. The molecule has 5 heteroatoms. The van der Waals surface area contributed by atoms with Gasteiger partial charge in [-0.2, -0.15) is 0 Å². The average molecular weight is 321 g/mol. The Bertz CT molecular complexity index is 796. The van der Waals surface area contributed by atoms with Crippen molar-refractivity contribution >= 4 is 5.91 Å². The summed E-state index contributed by atoms with van der Waals surface area (Å²) >= 11 is 0. The van der Waals surface area contributed by atoms with Crippen LogP contribution in [-0.4, -0.2) is 27.5 Å². The van der Waals surface area contributed by atoms with Crippen LogP contribution < -0.4 is 5.32 Å². The summed E-state index contributed by atoms with van der Waals surface area (Å²) in [5, 5.41) is 12.2. The van der Waals surface area contributed by atoms with Crippen LogP contribution in [0.4, 0.5) is 0 Å². The number of aryl methyl sites for hydroxylation is 1. The molecule has 1 aromatic heterocycles. The molecule has 122 valence electrons. The van der Waals surface area contributed by atoms with E-state index in [0.29, 0.717) is 17.9 Å². The van der Waals surface area contributed by atoms with Crippen molar-refractivity contribution in [2.75, 3.05) is 6.54 Å². The zero-order valence-electron chi connectivity index (χ0n) is 13.2. The number of phenolic OH excluding ortho intramolecular Hbond substituents is 1. The number of phenols is 1. The van der Waals surface area contributed by atoms with Gasteiger partial charge in [0.2, 0.25) is 0 Å². The topological polar surface area (TPSA) is 78.0 Å². The van der Waals surface area contributed by atoms with Gasteiger partial charge in [-0.15, -0.1) is 0 Å². The number of benzene rings is 2. The molecule has 0 spiro atoms. The average Bonchev–Trinajstić information content (AvgIpc) is 3.14. The highest BCUT2D eigenvalue weighted by Gasteiger charge is 2.13. The molecule has 0 saturated carbocycles.